The monoisotopic (exact) mass is 209 g/mol. The molecular weight excluding hydrogens is 190 g/mol. The van der Waals surface area contributed by atoms with Gasteiger partial charge in [-0.05, 0) is 31.6 Å². The Morgan fingerprint density at radius 3 is 2.47 bits per heavy atom. The van der Waals surface area contributed by atoms with Crippen LogP contribution < -0.4 is 11.5 Å². The minimum Gasteiger partial charge on any atom is -0.368 e. The normalized spacial score (nSPS) is 31.8. The quantitative estimate of drug-likeness (QED) is 0.715. The van der Waals surface area contributed by atoms with Gasteiger partial charge < -0.3 is 11.5 Å². The molecule has 0 bridgehead atoms. The Labute approximate surface area is 89.9 Å². The third-order valence-corrected chi connectivity index (χ3v) is 3.41. The van der Waals surface area contributed by atoms with E-state index in [4.69, 9.17) is 11.5 Å². The predicted molar refractivity (Wildman–Crippen MR) is 58.9 cm³/mol. The van der Waals surface area contributed by atoms with Gasteiger partial charge in [0.1, 0.15) is 0 Å². The zero-order valence-electron chi connectivity index (χ0n) is 9.40. The van der Waals surface area contributed by atoms with Gasteiger partial charge in [-0.3, -0.25) is 0 Å². The highest BCUT2D eigenvalue weighted by Gasteiger charge is 2.35. The second-order valence-electron chi connectivity index (χ2n) is 4.76. The second-order valence-corrected chi connectivity index (χ2v) is 4.76. The number of rotatable bonds is 1. The van der Waals surface area contributed by atoms with E-state index >= 15 is 0 Å². The molecule has 0 atom stereocenters. The van der Waals surface area contributed by atoms with Crippen LogP contribution in [-0.2, 0) is 12.6 Å². The summed E-state index contributed by atoms with van der Waals surface area (Å²) < 4.78 is 1.59. The number of aromatic nitrogens is 3. The molecule has 0 saturated heterocycles. The molecule has 5 heteroatoms. The van der Waals surface area contributed by atoms with Crippen molar-refractivity contribution in [2.24, 2.45) is 18.7 Å². The van der Waals surface area contributed by atoms with Crippen molar-refractivity contribution in [1.82, 2.24) is 14.8 Å². The molecule has 1 fully saturated rings. The largest absolute Gasteiger partial charge is 0.368 e. The minimum atomic E-state index is -0.359. The average molecular weight is 209 g/mol. The van der Waals surface area contributed by atoms with Gasteiger partial charge >= 0.3 is 0 Å². The Morgan fingerprint density at radius 2 is 2.00 bits per heavy atom. The van der Waals surface area contributed by atoms with E-state index in [2.05, 4.69) is 17.0 Å². The first-order valence-corrected chi connectivity index (χ1v) is 5.47. The van der Waals surface area contributed by atoms with Crippen LogP contribution in [0.2, 0.25) is 0 Å². The maximum absolute atomic E-state index is 6.33. The van der Waals surface area contributed by atoms with E-state index in [1.807, 2.05) is 0 Å². The molecule has 1 aliphatic rings. The van der Waals surface area contributed by atoms with Crippen LogP contribution in [0.25, 0.3) is 0 Å². The fourth-order valence-electron chi connectivity index (χ4n) is 2.11. The number of anilines is 1. The van der Waals surface area contributed by atoms with Crippen LogP contribution in [0.15, 0.2) is 0 Å². The molecule has 1 saturated carbocycles. The van der Waals surface area contributed by atoms with Crippen LogP contribution in [0, 0.1) is 5.92 Å². The highest BCUT2D eigenvalue weighted by molar-refractivity contribution is 5.19. The van der Waals surface area contributed by atoms with Crippen molar-refractivity contribution in [1.29, 1.82) is 0 Å². The maximum Gasteiger partial charge on any atom is 0.218 e. The summed E-state index contributed by atoms with van der Waals surface area (Å²) >= 11 is 0. The van der Waals surface area contributed by atoms with Gasteiger partial charge in [0.05, 0.1) is 5.54 Å². The molecule has 5 nitrogen and oxygen atoms in total. The lowest BCUT2D eigenvalue weighted by Gasteiger charge is -2.33. The van der Waals surface area contributed by atoms with Gasteiger partial charge in [-0.25, -0.2) is 4.68 Å². The Bertz CT molecular complexity index is 329. The van der Waals surface area contributed by atoms with E-state index in [-0.39, 0.29) is 5.54 Å². The highest BCUT2D eigenvalue weighted by Crippen LogP contribution is 2.35. The van der Waals surface area contributed by atoms with E-state index in [9.17, 15) is 0 Å². The van der Waals surface area contributed by atoms with Gasteiger partial charge in [0.25, 0.3) is 0 Å². The van der Waals surface area contributed by atoms with Crippen LogP contribution >= 0.6 is 0 Å². The van der Waals surface area contributed by atoms with E-state index < -0.39 is 0 Å². The lowest BCUT2D eigenvalue weighted by atomic mass is 9.77. The van der Waals surface area contributed by atoms with Crippen molar-refractivity contribution in [3.63, 3.8) is 0 Å². The fourth-order valence-corrected chi connectivity index (χ4v) is 2.11. The molecule has 0 spiro atoms. The van der Waals surface area contributed by atoms with Crippen molar-refractivity contribution in [3.05, 3.63) is 5.82 Å². The van der Waals surface area contributed by atoms with Crippen LogP contribution in [0.3, 0.4) is 0 Å². The Morgan fingerprint density at radius 1 is 1.40 bits per heavy atom. The van der Waals surface area contributed by atoms with Gasteiger partial charge in [-0.1, -0.05) is 6.92 Å². The summed E-state index contributed by atoms with van der Waals surface area (Å²) in [6, 6.07) is 0. The zero-order valence-corrected chi connectivity index (χ0v) is 9.40. The lowest BCUT2D eigenvalue weighted by Crippen LogP contribution is -2.41. The molecule has 1 aliphatic carbocycles. The molecule has 1 heterocycles. The lowest BCUT2D eigenvalue weighted by molar-refractivity contribution is 0.236. The first-order chi connectivity index (χ1) is 7.01. The van der Waals surface area contributed by atoms with Crippen molar-refractivity contribution < 1.29 is 0 Å². The van der Waals surface area contributed by atoms with Gasteiger partial charge in [0.15, 0.2) is 5.82 Å². The number of nitrogens with zero attached hydrogens (tertiary/aromatic N) is 3. The van der Waals surface area contributed by atoms with E-state index in [1.165, 1.54) is 0 Å². The first-order valence-electron chi connectivity index (χ1n) is 5.47. The molecule has 0 aliphatic heterocycles. The second kappa shape index (κ2) is 3.48. The summed E-state index contributed by atoms with van der Waals surface area (Å²) in [5, 5.41) is 4.29. The zero-order chi connectivity index (χ0) is 11.1. The molecule has 0 radical (unpaired) electrons. The van der Waals surface area contributed by atoms with E-state index in [0.717, 1.165) is 31.6 Å². The Kier molecular flexibility index (Phi) is 2.42. The molecule has 15 heavy (non-hydrogen) atoms. The number of nitrogen functional groups attached to an aromatic ring is 1. The van der Waals surface area contributed by atoms with Crippen LogP contribution in [0.1, 0.15) is 38.4 Å². The summed E-state index contributed by atoms with van der Waals surface area (Å²) in [5.74, 6) is 1.91. The summed E-state index contributed by atoms with van der Waals surface area (Å²) in [5.41, 5.74) is 11.6. The van der Waals surface area contributed by atoms with E-state index in [0.29, 0.717) is 11.8 Å². The van der Waals surface area contributed by atoms with Gasteiger partial charge in [-0.15, -0.1) is 0 Å². The molecule has 0 amide bonds. The molecular formula is C10H19N5. The molecule has 1 aromatic rings. The summed E-state index contributed by atoms with van der Waals surface area (Å²) in [4.78, 5) is 4.24. The summed E-state index contributed by atoms with van der Waals surface area (Å²) in [7, 11) is 1.79. The smallest absolute Gasteiger partial charge is 0.218 e. The third-order valence-electron chi connectivity index (χ3n) is 3.41. The summed E-state index contributed by atoms with van der Waals surface area (Å²) in [6.45, 7) is 2.26. The van der Waals surface area contributed by atoms with Crippen molar-refractivity contribution in [2.45, 2.75) is 38.1 Å². The van der Waals surface area contributed by atoms with Crippen molar-refractivity contribution in [3.8, 4) is 0 Å². The van der Waals surface area contributed by atoms with E-state index in [1.54, 1.807) is 11.7 Å². The molecule has 1 aromatic heterocycles. The highest BCUT2D eigenvalue weighted by atomic mass is 15.4. The van der Waals surface area contributed by atoms with Crippen molar-refractivity contribution in [2.75, 3.05) is 5.73 Å². The predicted octanol–water partition coefficient (Wildman–Crippen LogP) is 0.761. The molecule has 0 unspecified atom stereocenters. The maximum atomic E-state index is 6.33. The SMILES string of the molecule is CC1CCC(N)(c2nc(N)n(C)n2)CC1. The number of hydrogen-bond donors (Lipinski definition) is 2. The standard InChI is InChI=1S/C10H19N5/c1-7-3-5-10(12,6-4-7)8-13-9(11)15(2)14-8/h7H,3-6,12H2,1-2H3,(H2,11,13,14). The topological polar surface area (TPSA) is 82.7 Å². The minimum absolute atomic E-state index is 0.359. The van der Waals surface area contributed by atoms with Gasteiger partial charge in [0.2, 0.25) is 5.95 Å². The number of hydrogen-bond acceptors (Lipinski definition) is 4. The van der Waals surface area contributed by atoms with Gasteiger partial charge in [-0.2, -0.15) is 10.1 Å². The Balaban J connectivity index is 2.22. The summed E-state index contributed by atoms with van der Waals surface area (Å²) in [6.07, 6.45) is 4.21. The molecule has 84 valence electrons. The number of nitrogens with two attached hydrogens (primary N) is 2. The molecule has 4 N–H and O–H groups in total. The number of aryl methyl sites for hydroxylation is 1. The van der Waals surface area contributed by atoms with Crippen molar-refractivity contribution >= 4 is 5.95 Å². The third kappa shape index (κ3) is 1.84. The van der Waals surface area contributed by atoms with Crippen LogP contribution in [0.4, 0.5) is 5.95 Å². The first kappa shape index (κ1) is 10.4. The average Bonchev–Trinajstić information content (AvgIpc) is 2.53. The van der Waals surface area contributed by atoms with Crippen LogP contribution in [-0.4, -0.2) is 14.8 Å². The van der Waals surface area contributed by atoms with Gasteiger partial charge in [0, 0.05) is 7.05 Å². The molecule has 2 rings (SSSR count). The molecule has 0 aromatic carbocycles. The Hall–Kier alpha value is -1.10. The van der Waals surface area contributed by atoms with Crippen LogP contribution in [0.5, 0.6) is 0 Å². The fraction of sp³-hybridized carbons (Fsp3) is 0.800.